The van der Waals surface area contributed by atoms with E-state index in [2.05, 4.69) is 5.32 Å². The number of aliphatic hydroxyl groups is 3. The summed E-state index contributed by atoms with van der Waals surface area (Å²) in [4.78, 5) is 30.1. The Morgan fingerprint density at radius 1 is 1.26 bits per heavy atom. The van der Waals surface area contributed by atoms with Gasteiger partial charge in [-0.3, -0.25) is 0 Å². The van der Waals surface area contributed by atoms with E-state index in [1.54, 1.807) is 19.0 Å². The Bertz CT molecular complexity index is 1370. The van der Waals surface area contributed by atoms with Gasteiger partial charge in [0.25, 0.3) is 0 Å². The first-order valence-electron chi connectivity index (χ1n) is 14.1. The number of nitrogens with two attached hydrogens (primary N) is 1. The second-order valence-corrected chi connectivity index (χ2v) is 12.0. The van der Waals surface area contributed by atoms with E-state index in [0.717, 1.165) is 16.8 Å². The van der Waals surface area contributed by atoms with Gasteiger partial charge in [-0.15, -0.1) is 0 Å². The first-order chi connectivity index (χ1) is 19.7. The molecule has 1 aromatic rings. The monoisotopic (exact) mass is 581 g/mol. The summed E-state index contributed by atoms with van der Waals surface area (Å²) in [7, 11) is 14.9. The fourth-order valence-corrected chi connectivity index (χ4v) is 6.89. The van der Waals surface area contributed by atoms with Crippen LogP contribution in [0.15, 0.2) is 23.0 Å². The summed E-state index contributed by atoms with van der Waals surface area (Å²) < 4.78 is 11.4. The van der Waals surface area contributed by atoms with Crippen LogP contribution in [0, 0.1) is 11.8 Å². The molecule has 0 bridgehead atoms. The molecular weight excluding hydrogens is 539 g/mol. The van der Waals surface area contributed by atoms with Gasteiger partial charge < -0.3 is 4.74 Å². The summed E-state index contributed by atoms with van der Waals surface area (Å²) in [6.45, 7) is 5.69. The number of benzene rings is 1. The number of Topliss-reactive ketones (excluding diaryl/α,β-unsaturated/α-hetero) is 1. The predicted octanol–water partition coefficient (Wildman–Crippen LogP) is 0.619. The molecule has 0 spiro atoms. The Kier molecular flexibility index (Phi) is 8.94. The van der Waals surface area contributed by atoms with E-state index < -0.39 is 46.2 Å². The molecule has 1 saturated carbocycles. The number of likely N-dealkylation sites (N-methyl/N-ethyl adjacent to an activating group) is 1. The molecule has 1 amide bonds. The zero-order chi connectivity index (χ0) is 31.3. The Balaban J connectivity index is 1.85. The number of aliphatic hydroxyl groups excluding tert-OH is 2. The summed E-state index contributed by atoms with van der Waals surface area (Å²) in [5, 5.41) is 38.2. The van der Waals surface area contributed by atoms with Gasteiger partial charge in [0.15, 0.2) is 0 Å². The average Bonchev–Trinajstić information content (AvgIpc) is 2.89. The molecule has 0 aliphatic heterocycles. The van der Waals surface area contributed by atoms with Crippen molar-refractivity contribution in [1.29, 1.82) is 0 Å². The van der Waals surface area contributed by atoms with E-state index in [-0.39, 0.29) is 29.6 Å². The van der Waals surface area contributed by atoms with Crippen molar-refractivity contribution in [3.8, 4) is 5.75 Å². The van der Waals surface area contributed by atoms with Crippen LogP contribution in [0.25, 0.3) is 5.76 Å². The molecule has 1 fully saturated rings. The van der Waals surface area contributed by atoms with Crippen molar-refractivity contribution in [2.45, 2.75) is 51.0 Å². The molecule has 0 aromatic heterocycles. The van der Waals surface area contributed by atoms with Crippen molar-refractivity contribution >= 4 is 36.1 Å². The SMILES string of the molecule is [B]=C1C(C(N)=O)=C(O)[C@@H](N(C)C)[C@@H]2C[C@@H]3Cc4c(c(OC)cc(CNCCOC(C)C)c4N(C)C)C(O)=C3C(=O)[C@]12O. The van der Waals surface area contributed by atoms with Crippen LogP contribution in [0.2, 0.25) is 0 Å². The van der Waals surface area contributed by atoms with Crippen molar-refractivity contribution in [3.05, 3.63) is 39.7 Å². The summed E-state index contributed by atoms with van der Waals surface area (Å²) in [6, 6.07) is 0.923. The number of primary amides is 1. The van der Waals surface area contributed by atoms with Gasteiger partial charge in [0, 0.05) is 0 Å². The molecule has 0 saturated heterocycles. The number of methoxy groups -OCH3 is 1. The number of hydrogen-bond acceptors (Lipinski definition) is 10. The van der Waals surface area contributed by atoms with Gasteiger partial charge >= 0.3 is 217 Å². The average molecular weight is 581 g/mol. The molecule has 3 aliphatic carbocycles. The van der Waals surface area contributed by atoms with Crippen LogP contribution < -0.4 is 20.7 Å². The minimum absolute atomic E-state index is 0.0200. The first kappa shape index (κ1) is 31.7. The van der Waals surface area contributed by atoms with E-state index in [1.165, 1.54) is 7.11 Å². The van der Waals surface area contributed by atoms with Gasteiger partial charge in [0.2, 0.25) is 0 Å². The number of anilines is 1. The summed E-state index contributed by atoms with van der Waals surface area (Å²) in [6.07, 6.45) is 0.705. The second-order valence-electron chi connectivity index (χ2n) is 12.0. The fraction of sp³-hybridized carbons (Fsp3) is 0.567. The van der Waals surface area contributed by atoms with Crippen molar-refractivity contribution in [2.75, 3.05) is 53.4 Å². The standard InChI is InChI=1S/C30H42BN4O7/c1-14(2)42-9-8-33-13-16-12-19(41-7)21-17(23(16)34(3)4)10-15-11-18-24(35(5)6)26(37)22(29(32)39)27(31)30(18,40)28(38)20(15)25(21)36/h12,14-15,18,24,33,36-37,40H,8-11,13H2,1-7H3,(H2,32,39)/t15-,18-,24-,30+/m0/s1. The normalized spacial score (nSPS) is 25.5. The van der Waals surface area contributed by atoms with Gasteiger partial charge in [-0.25, -0.2) is 0 Å². The van der Waals surface area contributed by atoms with Crippen LogP contribution >= 0.6 is 0 Å². The number of ketones is 1. The van der Waals surface area contributed by atoms with E-state index >= 15 is 0 Å². The first-order valence-corrected chi connectivity index (χ1v) is 14.1. The second kappa shape index (κ2) is 11.8. The minimum atomic E-state index is -2.36. The number of ether oxygens (including phenoxy) is 2. The van der Waals surface area contributed by atoms with Crippen molar-refractivity contribution < 1.29 is 34.4 Å². The topological polar surface area (TPSA) is 158 Å². The maximum absolute atomic E-state index is 14.2. The molecule has 1 radical (unpaired) electrons. The molecule has 227 valence electrons. The summed E-state index contributed by atoms with van der Waals surface area (Å²) in [5.74, 6) is -3.56. The Hall–Kier alpha value is -3.19. The number of amides is 1. The van der Waals surface area contributed by atoms with Gasteiger partial charge in [-0.2, -0.15) is 0 Å². The van der Waals surface area contributed by atoms with Crippen molar-refractivity contribution in [3.63, 3.8) is 0 Å². The zero-order valence-corrected chi connectivity index (χ0v) is 25.4. The van der Waals surface area contributed by atoms with E-state index in [9.17, 15) is 24.9 Å². The van der Waals surface area contributed by atoms with Gasteiger partial charge in [0.1, 0.15) is 0 Å². The molecule has 0 unspecified atom stereocenters. The Labute approximate surface area is 248 Å². The van der Waals surface area contributed by atoms with Gasteiger partial charge in [-0.05, 0) is 13.8 Å². The Morgan fingerprint density at radius 2 is 1.93 bits per heavy atom. The summed E-state index contributed by atoms with van der Waals surface area (Å²) in [5.41, 5.74) is 5.23. The third kappa shape index (κ3) is 5.04. The molecule has 11 nitrogen and oxygen atoms in total. The van der Waals surface area contributed by atoms with Crippen LogP contribution in [-0.4, -0.2) is 111 Å². The quantitative estimate of drug-likeness (QED) is 0.196. The van der Waals surface area contributed by atoms with E-state index in [4.69, 9.17) is 22.7 Å². The summed E-state index contributed by atoms with van der Waals surface area (Å²) >= 11 is 0. The number of carbonyl (C=O) groups is 2. The molecule has 1 aromatic carbocycles. The number of nitrogens with zero attached hydrogens (tertiary/aromatic N) is 2. The third-order valence-electron chi connectivity index (χ3n) is 8.57. The molecule has 3 aliphatic rings. The number of fused-ring (bicyclic) bond motifs is 3. The molecule has 42 heavy (non-hydrogen) atoms. The number of carbonyl (C=O) groups excluding carboxylic acids is 2. The maximum atomic E-state index is 14.2. The molecule has 6 N–H and O–H groups in total. The number of hydrogen-bond donors (Lipinski definition) is 5. The van der Waals surface area contributed by atoms with Crippen molar-refractivity contribution in [1.82, 2.24) is 10.2 Å². The predicted molar refractivity (Wildman–Crippen MR) is 162 cm³/mol. The van der Waals surface area contributed by atoms with Crippen molar-refractivity contribution in [2.24, 2.45) is 17.6 Å². The zero-order valence-electron chi connectivity index (χ0n) is 25.4. The molecule has 4 rings (SSSR count). The van der Waals surface area contributed by atoms with Crippen LogP contribution in [0.1, 0.15) is 37.0 Å². The van der Waals surface area contributed by atoms with Crippen LogP contribution in [0.3, 0.4) is 0 Å². The number of nitrogens with one attached hydrogen (secondary N) is 1. The van der Waals surface area contributed by atoms with Crippen LogP contribution in [-0.2, 0) is 27.3 Å². The fourth-order valence-electron chi connectivity index (χ4n) is 6.89. The molecule has 0 heterocycles. The number of rotatable bonds is 10. The molecule has 12 heteroatoms. The molecule has 4 atom stereocenters. The van der Waals surface area contributed by atoms with Crippen LogP contribution in [0.4, 0.5) is 5.69 Å². The van der Waals surface area contributed by atoms with Crippen LogP contribution in [0.5, 0.6) is 5.75 Å². The van der Waals surface area contributed by atoms with Gasteiger partial charge in [0.05, 0.1) is 12.7 Å². The van der Waals surface area contributed by atoms with E-state index in [1.807, 2.05) is 38.9 Å². The Morgan fingerprint density at radius 3 is 2.48 bits per heavy atom. The van der Waals surface area contributed by atoms with E-state index in [0.29, 0.717) is 37.4 Å². The third-order valence-corrected chi connectivity index (χ3v) is 8.57. The van der Waals surface area contributed by atoms with Gasteiger partial charge in [-0.1, -0.05) is 0 Å². The molecular formula is C30H42BN4O7.